The van der Waals surface area contributed by atoms with Gasteiger partial charge in [0, 0.05) is 24.2 Å². The van der Waals surface area contributed by atoms with Gasteiger partial charge in [-0.15, -0.1) is 12.4 Å². The molecule has 5 heteroatoms. The monoisotopic (exact) mass is 274 g/mol. The number of amides is 1. The second-order valence-corrected chi connectivity index (χ2v) is 4.56. The predicted octanol–water partition coefficient (Wildman–Crippen LogP) is 1.86. The maximum absolute atomic E-state index is 11.9. The minimum atomic E-state index is 0. The zero-order chi connectivity index (χ0) is 11.5. The highest BCUT2D eigenvalue weighted by molar-refractivity contribution is 6.31. The minimum absolute atomic E-state index is 0. The summed E-state index contributed by atoms with van der Waals surface area (Å²) in [6.45, 7) is 1.44. The number of rotatable bonds is 2. The Kier molecular flexibility index (Phi) is 5.25. The number of nitrogens with zero attached hydrogens (tertiary/aromatic N) is 1. The van der Waals surface area contributed by atoms with E-state index in [1.807, 2.05) is 23.1 Å². The van der Waals surface area contributed by atoms with Crippen molar-refractivity contribution in [1.82, 2.24) is 4.90 Å². The summed E-state index contributed by atoms with van der Waals surface area (Å²) in [7, 11) is 0. The lowest BCUT2D eigenvalue weighted by molar-refractivity contribution is -0.129. The Morgan fingerprint density at radius 2 is 2.18 bits per heavy atom. The predicted molar refractivity (Wildman–Crippen MR) is 71.6 cm³/mol. The molecule has 1 fully saturated rings. The molecule has 94 valence electrons. The van der Waals surface area contributed by atoms with E-state index in [1.54, 1.807) is 6.07 Å². The van der Waals surface area contributed by atoms with Crippen LogP contribution in [-0.4, -0.2) is 29.9 Å². The first-order valence-electron chi connectivity index (χ1n) is 5.43. The molecule has 1 aromatic carbocycles. The zero-order valence-electron chi connectivity index (χ0n) is 9.43. The van der Waals surface area contributed by atoms with Gasteiger partial charge < -0.3 is 10.6 Å². The normalized spacial score (nSPS) is 18.9. The van der Waals surface area contributed by atoms with E-state index < -0.39 is 0 Å². The molecule has 1 aromatic rings. The van der Waals surface area contributed by atoms with E-state index in [-0.39, 0.29) is 24.4 Å². The lowest BCUT2D eigenvalue weighted by Crippen LogP contribution is -2.32. The summed E-state index contributed by atoms with van der Waals surface area (Å²) in [4.78, 5) is 13.7. The van der Waals surface area contributed by atoms with Gasteiger partial charge in [0.25, 0.3) is 0 Å². The summed E-state index contributed by atoms with van der Waals surface area (Å²) in [5.74, 6) is 0.112. The lowest BCUT2D eigenvalue weighted by Gasteiger charge is -2.16. The van der Waals surface area contributed by atoms with Crippen molar-refractivity contribution < 1.29 is 4.79 Å². The molecule has 1 saturated heterocycles. The van der Waals surface area contributed by atoms with Crippen LogP contribution in [0.5, 0.6) is 0 Å². The van der Waals surface area contributed by atoms with Gasteiger partial charge >= 0.3 is 0 Å². The van der Waals surface area contributed by atoms with Gasteiger partial charge in [-0.3, -0.25) is 4.79 Å². The number of benzene rings is 1. The second kappa shape index (κ2) is 6.24. The van der Waals surface area contributed by atoms with Crippen molar-refractivity contribution in [2.75, 3.05) is 13.1 Å². The van der Waals surface area contributed by atoms with E-state index in [4.69, 9.17) is 17.3 Å². The Balaban J connectivity index is 0.00000144. The van der Waals surface area contributed by atoms with Crippen LogP contribution in [0.25, 0.3) is 0 Å². The molecule has 0 saturated carbocycles. The maximum Gasteiger partial charge on any atom is 0.227 e. The lowest BCUT2D eigenvalue weighted by atomic mass is 10.1. The SMILES string of the molecule is Cl.N[C@H]1CCN(C(=O)Cc2ccccc2Cl)C1. The van der Waals surface area contributed by atoms with E-state index >= 15 is 0 Å². The maximum atomic E-state index is 11.9. The summed E-state index contributed by atoms with van der Waals surface area (Å²) < 4.78 is 0. The van der Waals surface area contributed by atoms with Crippen LogP contribution in [-0.2, 0) is 11.2 Å². The van der Waals surface area contributed by atoms with Crippen molar-refractivity contribution >= 4 is 29.9 Å². The largest absolute Gasteiger partial charge is 0.341 e. The van der Waals surface area contributed by atoms with Gasteiger partial charge in [0.15, 0.2) is 0 Å². The molecular formula is C12H16Cl2N2O. The third kappa shape index (κ3) is 3.60. The molecule has 1 aliphatic heterocycles. The minimum Gasteiger partial charge on any atom is -0.341 e. The molecule has 2 N–H and O–H groups in total. The van der Waals surface area contributed by atoms with Gasteiger partial charge in [-0.25, -0.2) is 0 Å². The van der Waals surface area contributed by atoms with Crippen molar-refractivity contribution in [2.24, 2.45) is 5.73 Å². The number of carbonyl (C=O) groups excluding carboxylic acids is 1. The number of halogens is 2. The van der Waals surface area contributed by atoms with Gasteiger partial charge in [-0.2, -0.15) is 0 Å². The van der Waals surface area contributed by atoms with Crippen LogP contribution in [0, 0.1) is 0 Å². The molecule has 1 heterocycles. The fraction of sp³-hybridized carbons (Fsp3) is 0.417. The van der Waals surface area contributed by atoms with E-state index in [0.717, 1.165) is 18.5 Å². The summed E-state index contributed by atoms with van der Waals surface area (Å²) in [6.07, 6.45) is 1.26. The number of hydrogen-bond donors (Lipinski definition) is 1. The molecule has 3 nitrogen and oxygen atoms in total. The molecule has 0 spiro atoms. The highest BCUT2D eigenvalue weighted by atomic mass is 35.5. The smallest absolute Gasteiger partial charge is 0.227 e. The van der Waals surface area contributed by atoms with Crippen LogP contribution in [0.3, 0.4) is 0 Å². The van der Waals surface area contributed by atoms with Crippen molar-refractivity contribution in [1.29, 1.82) is 0 Å². The number of nitrogens with two attached hydrogens (primary N) is 1. The first-order chi connectivity index (χ1) is 7.66. The van der Waals surface area contributed by atoms with Crippen molar-refractivity contribution in [3.8, 4) is 0 Å². The van der Waals surface area contributed by atoms with Crippen LogP contribution in [0.1, 0.15) is 12.0 Å². The summed E-state index contributed by atoms with van der Waals surface area (Å²) in [5.41, 5.74) is 6.65. The zero-order valence-corrected chi connectivity index (χ0v) is 11.0. The second-order valence-electron chi connectivity index (χ2n) is 4.16. The third-order valence-electron chi connectivity index (χ3n) is 2.88. The fourth-order valence-corrected chi connectivity index (χ4v) is 2.13. The van der Waals surface area contributed by atoms with Crippen LogP contribution in [0.15, 0.2) is 24.3 Å². The van der Waals surface area contributed by atoms with Crippen LogP contribution >= 0.6 is 24.0 Å². The van der Waals surface area contributed by atoms with Crippen molar-refractivity contribution in [2.45, 2.75) is 18.9 Å². The molecule has 0 aliphatic carbocycles. The first-order valence-corrected chi connectivity index (χ1v) is 5.81. The Labute approximate surface area is 112 Å². The third-order valence-corrected chi connectivity index (χ3v) is 3.25. The topological polar surface area (TPSA) is 46.3 Å². The molecule has 0 aromatic heterocycles. The van der Waals surface area contributed by atoms with Crippen LogP contribution < -0.4 is 5.73 Å². The Hall–Kier alpha value is -0.770. The van der Waals surface area contributed by atoms with Gasteiger partial charge in [0.05, 0.1) is 6.42 Å². The van der Waals surface area contributed by atoms with Gasteiger partial charge in [0.2, 0.25) is 5.91 Å². The molecule has 1 amide bonds. The first kappa shape index (κ1) is 14.3. The van der Waals surface area contributed by atoms with E-state index in [2.05, 4.69) is 0 Å². The number of carbonyl (C=O) groups is 1. The molecular weight excluding hydrogens is 259 g/mol. The molecule has 0 unspecified atom stereocenters. The average Bonchev–Trinajstić information content (AvgIpc) is 2.68. The van der Waals surface area contributed by atoms with E-state index in [9.17, 15) is 4.79 Å². The molecule has 2 rings (SSSR count). The van der Waals surface area contributed by atoms with Crippen LogP contribution in [0.4, 0.5) is 0 Å². The molecule has 0 bridgehead atoms. The van der Waals surface area contributed by atoms with Gasteiger partial charge in [-0.1, -0.05) is 29.8 Å². The standard InChI is InChI=1S/C12H15ClN2O.ClH/c13-11-4-2-1-3-9(11)7-12(16)15-6-5-10(14)8-15;/h1-4,10H,5-8,14H2;1H/t10-;/m0./s1. The van der Waals surface area contributed by atoms with Crippen LogP contribution in [0.2, 0.25) is 5.02 Å². The highest BCUT2D eigenvalue weighted by Gasteiger charge is 2.23. The summed E-state index contributed by atoms with van der Waals surface area (Å²) in [6, 6.07) is 7.58. The van der Waals surface area contributed by atoms with E-state index in [1.165, 1.54) is 0 Å². The summed E-state index contributed by atoms with van der Waals surface area (Å²) >= 11 is 6.01. The Morgan fingerprint density at radius 3 is 2.76 bits per heavy atom. The van der Waals surface area contributed by atoms with E-state index in [0.29, 0.717) is 18.0 Å². The molecule has 17 heavy (non-hydrogen) atoms. The Bertz CT molecular complexity index is 398. The van der Waals surface area contributed by atoms with Crippen molar-refractivity contribution in [3.63, 3.8) is 0 Å². The molecule has 1 atom stereocenters. The van der Waals surface area contributed by atoms with Gasteiger partial charge in [-0.05, 0) is 18.1 Å². The molecule has 1 aliphatic rings. The molecule has 0 radical (unpaired) electrons. The average molecular weight is 275 g/mol. The quantitative estimate of drug-likeness (QED) is 0.895. The van der Waals surface area contributed by atoms with Gasteiger partial charge in [0.1, 0.15) is 0 Å². The number of hydrogen-bond acceptors (Lipinski definition) is 2. The fourth-order valence-electron chi connectivity index (χ4n) is 1.93. The number of likely N-dealkylation sites (tertiary alicyclic amines) is 1. The van der Waals surface area contributed by atoms with Crippen molar-refractivity contribution in [3.05, 3.63) is 34.9 Å². The summed E-state index contributed by atoms with van der Waals surface area (Å²) in [5, 5.41) is 0.652. The highest BCUT2D eigenvalue weighted by Crippen LogP contribution is 2.17. The Morgan fingerprint density at radius 1 is 1.47 bits per heavy atom.